The monoisotopic (exact) mass is 464 g/mol. The summed E-state index contributed by atoms with van der Waals surface area (Å²) in [6.45, 7) is 4.94. The molecule has 31 heavy (non-hydrogen) atoms. The molecule has 0 aromatic heterocycles. The highest BCUT2D eigenvalue weighted by Gasteiger charge is 2.25. The Morgan fingerprint density at radius 2 is 1.90 bits per heavy atom. The molecule has 1 aliphatic rings. The Labute approximate surface area is 191 Å². The molecule has 0 spiro atoms. The van der Waals surface area contributed by atoms with E-state index >= 15 is 0 Å². The topological polar surface area (TPSA) is 96.7 Å². The molecule has 7 nitrogen and oxygen atoms in total. The quantitative estimate of drug-likeness (QED) is 0.585. The molecule has 0 bridgehead atoms. The molecule has 2 unspecified atom stereocenters. The number of hydrogen-bond acceptors (Lipinski definition) is 4. The van der Waals surface area contributed by atoms with Crippen LogP contribution in [-0.4, -0.2) is 49.2 Å². The Bertz CT molecular complexity index is 923. The molecule has 3 rings (SSSR count). The van der Waals surface area contributed by atoms with Crippen LogP contribution in [0, 0.1) is 0 Å². The van der Waals surface area contributed by atoms with E-state index in [4.69, 9.17) is 33.7 Å². The maximum Gasteiger partial charge on any atom is 0.315 e. The van der Waals surface area contributed by atoms with E-state index in [2.05, 4.69) is 22.5 Å². The second-order valence-corrected chi connectivity index (χ2v) is 8.28. The smallest absolute Gasteiger partial charge is 0.315 e. The fraction of sp³-hybridized carbons (Fsp3) is 0.364. The lowest BCUT2D eigenvalue weighted by Gasteiger charge is -2.37. The van der Waals surface area contributed by atoms with Gasteiger partial charge in [0.1, 0.15) is 0 Å². The summed E-state index contributed by atoms with van der Waals surface area (Å²) in [7, 11) is 0. The molecular formula is C22H26Cl2N4O3. The van der Waals surface area contributed by atoms with Crippen LogP contribution in [0.25, 0.3) is 0 Å². The number of nitrogens with one attached hydrogen (secondary N) is 2. The fourth-order valence-electron chi connectivity index (χ4n) is 3.44. The average molecular weight is 465 g/mol. The van der Waals surface area contributed by atoms with Gasteiger partial charge in [0.25, 0.3) is 0 Å². The van der Waals surface area contributed by atoms with Gasteiger partial charge in [0.05, 0.1) is 22.8 Å². The van der Waals surface area contributed by atoms with Crippen molar-refractivity contribution in [2.24, 2.45) is 5.73 Å². The molecule has 1 fully saturated rings. The van der Waals surface area contributed by atoms with Gasteiger partial charge in [0.15, 0.2) is 0 Å². The molecule has 166 valence electrons. The maximum atomic E-state index is 12.1. The third kappa shape index (κ3) is 6.58. The van der Waals surface area contributed by atoms with Crippen LogP contribution in [0.15, 0.2) is 42.5 Å². The van der Waals surface area contributed by atoms with E-state index in [0.717, 1.165) is 17.7 Å². The van der Waals surface area contributed by atoms with E-state index < -0.39 is 5.91 Å². The molecule has 1 saturated heterocycles. The maximum absolute atomic E-state index is 12.1. The van der Waals surface area contributed by atoms with Crippen molar-refractivity contribution in [1.82, 2.24) is 15.5 Å². The number of carbonyl (C=O) groups is 2. The Morgan fingerprint density at radius 3 is 2.58 bits per heavy atom. The van der Waals surface area contributed by atoms with Gasteiger partial charge in [-0.25, -0.2) is 4.79 Å². The predicted octanol–water partition coefficient (Wildman–Crippen LogP) is 3.35. The number of primary amides is 1. The first-order valence-corrected chi connectivity index (χ1v) is 10.8. The first-order chi connectivity index (χ1) is 14.8. The second kappa shape index (κ2) is 10.8. The molecule has 3 amide bonds. The van der Waals surface area contributed by atoms with Crippen molar-refractivity contribution in [2.75, 3.05) is 26.2 Å². The molecule has 2 aromatic carbocycles. The van der Waals surface area contributed by atoms with Crippen molar-refractivity contribution in [2.45, 2.75) is 25.6 Å². The van der Waals surface area contributed by atoms with E-state index in [-0.39, 0.29) is 18.2 Å². The molecule has 2 atom stereocenters. The van der Waals surface area contributed by atoms with Gasteiger partial charge in [-0.05, 0) is 42.3 Å². The zero-order chi connectivity index (χ0) is 22.4. The summed E-state index contributed by atoms with van der Waals surface area (Å²) < 4.78 is 5.81. The molecule has 0 saturated carbocycles. The Kier molecular flexibility index (Phi) is 8.15. The summed E-state index contributed by atoms with van der Waals surface area (Å²) in [5.74, 6) is -0.479. The fourth-order valence-corrected chi connectivity index (χ4v) is 3.75. The SMILES string of the molecule is CC(c1ccc(Cl)c(Cl)c1)N1CCOC(CNC(=O)NCc2ccc(C(N)=O)cc2)C1. The summed E-state index contributed by atoms with van der Waals surface area (Å²) in [4.78, 5) is 25.6. The Morgan fingerprint density at radius 1 is 1.16 bits per heavy atom. The normalized spacial score (nSPS) is 17.7. The molecule has 4 N–H and O–H groups in total. The van der Waals surface area contributed by atoms with E-state index in [1.165, 1.54) is 0 Å². The number of hydrogen-bond donors (Lipinski definition) is 3. The summed E-state index contributed by atoms with van der Waals surface area (Å²) in [6, 6.07) is 12.3. The van der Waals surface area contributed by atoms with Crippen molar-refractivity contribution in [3.05, 3.63) is 69.2 Å². The van der Waals surface area contributed by atoms with Gasteiger partial charge in [-0.15, -0.1) is 0 Å². The number of nitrogens with two attached hydrogens (primary N) is 1. The van der Waals surface area contributed by atoms with Gasteiger partial charge in [0, 0.05) is 37.8 Å². The first-order valence-electron chi connectivity index (χ1n) is 10.0. The molecule has 0 aliphatic carbocycles. The second-order valence-electron chi connectivity index (χ2n) is 7.46. The van der Waals surface area contributed by atoms with Crippen LogP contribution in [0.1, 0.15) is 34.5 Å². The van der Waals surface area contributed by atoms with Crippen LogP contribution in [0.3, 0.4) is 0 Å². The van der Waals surface area contributed by atoms with E-state index in [0.29, 0.717) is 41.8 Å². The van der Waals surface area contributed by atoms with Crippen molar-refractivity contribution in [3.63, 3.8) is 0 Å². The third-order valence-electron chi connectivity index (χ3n) is 5.33. The number of rotatable bonds is 7. The van der Waals surface area contributed by atoms with Crippen LogP contribution >= 0.6 is 23.2 Å². The minimum Gasteiger partial charge on any atom is -0.374 e. The number of morpholine rings is 1. The number of ether oxygens (including phenoxy) is 1. The highest BCUT2D eigenvalue weighted by atomic mass is 35.5. The van der Waals surface area contributed by atoms with Gasteiger partial charge < -0.3 is 21.1 Å². The van der Waals surface area contributed by atoms with Crippen LogP contribution in [0.4, 0.5) is 4.79 Å². The van der Waals surface area contributed by atoms with Crippen molar-refractivity contribution < 1.29 is 14.3 Å². The zero-order valence-corrected chi connectivity index (χ0v) is 18.7. The number of benzene rings is 2. The Hall–Kier alpha value is -2.32. The highest BCUT2D eigenvalue weighted by Crippen LogP contribution is 2.29. The van der Waals surface area contributed by atoms with Gasteiger partial charge in [-0.3, -0.25) is 9.69 Å². The predicted molar refractivity (Wildman–Crippen MR) is 121 cm³/mol. The largest absolute Gasteiger partial charge is 0.374 e. The number of urea groups is 1. The molecule has 9 heteroatoms. The van der Waals surface area contributed by atoms with Gasteiger partial charge in [0.2, 0.25) is 5.91 Å². The summed E-state index contributed by atoms with van der Waals surface area (Å²) in [5.41, 5.74) is 7.62. The minimum absolute atomic E-state index is 0.112. The number of carbonyl (C=O) groups excluding carboxylic acids is 2. The lowest BCUT2D eigenvalue weighted by molar-refractivity contribution is -0.0388. The first kappa shape index (κ1) is 23.3. The lowest BCUT2D eigenvalue weighted by atomic mass is 10.1. The Balaban J connectivity index is 1.45. The van der Waals surface area contributed by atoms with Crippen molar-refractivity contribution in [1.29, 1.82) is 0 Å². The van der Waals surface area contributed by atoms with Crippen LogP contribution in [0.5, 0.6) is 0 Å². The molecule has 1 aliphatic heterocycles. The van der Waals surface area contributed by atoms with E-state index in [1.807, 2.05) is 12.1 Å². The summed E-state index contributed by atoms with van der Waals surface area (Å²) in [5, 5.41) is 6.73. The summed E-state index contributed by atoms with van der Waals surface area (Å²) >= 11 is 12.2. The molecule has 1 heterocycles. The van der Waals surface area contributed by atoms with Gasteiger partial charge >= 0.3 is 6.03 Å². The van der Waals surface area contributed by atoms with Gasteiger partial charge in [-0.2, -0.15) is 0 Å². The molecule has 0 radical (unpaired) electrons. The summed E-state index contributed by atoms with van der Waals surface area (Å²) in [6.07, 6.45) is -0.112. The standard InChI is InChI=1S/C22H26Cl2N4O3/c1-14(17-6-7-19(23)20(24)10-17)28-8-9-31-18(13-28)12-27-22(30)26-11-15-2-4-16(5-3-15)21(25)29/h2-7,10,14,18H,8-9,11-13H2,1H3,(H2,25,29)(H2,26,27,30). The van der Waals surface area contributed by atoms with Crippen LogP contribution in [0.2, 0.25) is 10.0 Å². The molecule has 2 aromatic rings. The van der Waals surface area contributed by atoms with Gasteiger partial charge in [-0.1, -0.05) is 41.4 Å². The minimum atomic E-state index is -0.479. The highest BCUT2D eigenvalue weighted by molar-refractivity contribution is 6.42. The number of amides is 3. The van der Waals surface area contributed by atoms with E-state index in [9.17, 15) is 9.59 Å². The van der Waals surface area contributed by atoms with Crippen LogP contribution in [-0.2, 0) is 11.3 Å². The number of halogens is 2. The average Bonchev–Trinajstić information content (AvgIpc) is 2.78. The van der Waals surface area contributed by atoms with Crippen molar-refractivity contribution in [3.8, 4) is 0 Å². The van der Waals surface area contributed by atoms with Crippen LogP contribution < -0.4 is 16.4 Å². The zero-order valence-electron chi connectivity index (χ0n) is 17.2. The third-order valence-corrected chi connectivity index (χ3v) is 6.06. The number of nitrogens with zero attached hydrogens (tertiary/aromatic N) is 1. The van der Waals surface area contributed by atoms with E-state index in [1.54, 1.807) is 30.3 Å². The van der Waals surface area contributed by atoms with Crippen molar-refractivity contribution >= 4 is 35.1 Å². The lowest BCUT2D eigenvalue weighted by Crippen LogP contribution is -2.49. The molecular weight excluding hydrogens is 439 g/mol.